The van der Waals surface area contributed by atoms with Gasteiger partial charge in [0, 0.05) is 37.1 Å². The number of aliphatic imine (C=N–C) groups is 1. The molecule has 10 heteroatoms. The van der Waals surface area contributed by atoms with Crippen molar-refractivity contribution in [3.8, 4) is 11.5 Å². The van der Waals surface area contributed by atoms with E-state index in [1.54, 1.807) is 36.5 Å². The van der Waals surface area contributed by atoms with Crippen LogP contribution in [0.15, 0.2) is 53.7 Å². The molecule has 3 aliphatic heterocycles. The Hall–Kier alpha value is -3.27. The molecule has 1 atom stereocenters. The van der Waals surface area contributed by atoms with Crippen molar-refractivity contribution in [2.24, 2.45) is 10.7 Å². The largest absolute Gasteiger partial charge is 0.454 e. The van der Waals surface area contributed by atoms with Gasteiger partial charge in [-0.1, -0.05) is 17.7 Å². The molecule has 1 saturated heterocycles. The van der Waals surface area contributed by atoms with Gasteiger partial charge in [-0.05, 0) is 42.8 Å². The summed E-state index contributed by atoms with van der Waals surface area (Å²) in [6.45, 7) is 2.59. The molecule has 2 aromatic rings. The normalized spacial score (nSPS) is 21.8. The molecule has 172 valence electrons. The van der Waals surface area contributed by atoms with Crippen LogP contribution >= 0.6 is 11.6 Å². The number of fused-ring (bicyclic) bond motifs is 1. The number of anilines is 1. The number of guanidine groups is 1. The lowest BCUT2D eigenvalue weighted by atomic mass is 9.98. The smallest absolute Gasteiger partial charge is 0.254 e. The monoisotopic (exact) mass is 469 g/mol. The number of nitrogens with two attached hydrogens (primary N) is 1. The van der Waals surface area contributed by atoms with Gasteiger partial charge in [0.1, 0.15) is 0 Å². The minimum Gasteiger partial charge on any atom is -0.454 e. The molecular weight excluding hydrogens is 446 g/mol. The number of nitrogens with zero attached hydrogens (tertiary/aromatic N) is 2. The molecule has 0 aliphatic carbocycles. The third-order valence-corrected chi connectivity index (χ3v) is 5.94. The van der Waals surface area contributed by atoms with Gasteiger partial charge in [-0.25, -0.2) is 4.99 Å². The summed E-state index contributed by atoms with van der Waals surface area (Å²) in [5.41, 5.74) is 7.16. The standard InChI is InChI=1S/C23H24ClN5O4/c24-17-5-6-18-20(33-14-32-18)19(17)23(25)7-8-26-22(28-23)27-16-4-1-3-15(13-16)21(30)29-9-2-11-31-12-10-29/h1,3-8,13H,2,9-12,14,25H2,(H2,26,27,28). The maximum absolute atomic E-state index is 13.0. The van der Waals surface area contributed by atoms with Gasteiger partial charge in [-0.3, -0.25) is 10.5 Å². The number of carbonyl (C=O) groups is 1. The van der Waals surface area contributed by atoms with Crippen LogP contribution in [0.2, 0.25) is 5.02 Å². The molecule has 33 heavy (non-hydrogen) atoms. The third-order valence-electron chi connectivity index (χ3n) is 5.62. The molecule has 0 bridgehead atoms. The van der Waals surface area contributed by atoms with Gasteiger partial charge in [0.05, 0.1) is 17.2 Å². The molecular formula is C23H24ClN5O4. The predicted octanol–water partition coefficient (Wildman–Crippen LogP) is 2.63. The van der Waals surface area contributed by atoms with Crippen LogP contribution in [-0.4, -0.2) is 49.9 Å². The Bertz CT molecular complexity index is 1130. The van der Waals surface area contributed by atoms with E-state index in [2.05, 4.69) is 15.6 Å². The second-order valence-electron chi connectivity index (χ2n) is 7.88. The van der Waals surface area contributed by atoms with E-state index in [1.807, 2.05) is 17.0 Å². The van der Waals surface area contributed by atoms with Gasteiger partial charge in [0.25, 0.3) is 5.91 Å². The summed E-state index contributed by atoms with van der Waals surface area (Å²) in [4.78, 5) is 19.4. The maximum Gasteiger partial charge on any atom is 0.254 e. The van der Waals surface area contributed by atoms with Gasteiger partial charge in [0.2, 0.25) is 12.8 Å². The van der Waals surface area contributed by atoms with Crippen LogP contribution in [0.3, 0.4) is 0 Å². The fraction of sp³-hybridized carbons (Fsp3) is 0.304. The van der Waals surface area contributed by atoms with Crippen LogP contribution in [0.1, 0.15) is 22.3 Å². The van der Waals surface area contributed by atoms with Crippen molar-refractivity contribution in [2.75, 3.05) is 38.4 Å². The Kier molecular flexibility index (Phi) is 5.84. The summed E-state index contributed by atoms with van der Waals surface area (Å²) in [6.07, 6.45) is 4.21. The Labute approximate surface area is 196 Å². The Morgan fingerprint density at radius 2 is 2.12 bits per heavy atom. The molecule has 3 aliphatic rings. The number of ether oxygens (including phenoxy) is 3. The van der Waals surface area contributed by atoms with Crippen molar-refractivity contribution in [1.29, 1.82) is 0 Å². The van der Waals surface area contributed by atoms with Crippen LogP contribution < -0.4 is 25.8 Å². The van der Waals surface area contributed by atoms with Crippen molar-refractivity contribution >= 4 is 29.2 Å². The van der Waals surface area contributed by atoms with Crippen LogP contribution in [0.5, 0.6) is 11.5 Å². The molecule has 2 aromatic carbocycles. The molecule has 9 nitrogen and oxygen atoms in total. The number of benzene rings is 2. The third kappa shape index (κ3) is 4.35. The number of rotatable bonds is 3. The minimum atomic E-state index is -1.27. The highest BCUT2D eigenvalue weighted by molar-refractivity contribution is 6.31. The van der Waals surface area contributed by atoms with Crippen molar-refractivity contribution in [3.63, 3.8) is 0 Å². The number of hydrogen-bond donors (Lipinski definition) is 3. The molecule has 3 heterocycles. The Balaban J connectivity index is 1.39. The van der Waals surface area contributed by atoms with Crippen molar-refractivity contribution in [2.45, 2.75) is 12.1 Å². The van der Waals surface area contributed by atoms with Crippen molar-refractivity contribution < 1.29 is 19.0 Å². The summed E-state index contributed by atoms with van der Waals surface area (Å²) >= 11 is 6.47. The molecule has 1 unspecified atom stereocenters. The zero-order chi connectivity index (χ0) is 22.8. The molecule has 1 amide bonds. The highest BCUT2D eigenvalue weighted by Gasteiger charge is 2.36. The lowest BCUT2D eigenvalue weighted by molar-refractivity contribution is 0.0741. The second-order valence-corrected chi connectivity index (χ2v) is 8.29. The molecule has 0 aromatic heterocycles. The van der Waals surface area contributed by atoms with Gasteiger partial charge >= 0.3 is 0 Å². The summed E-state index contributed by atoms with van der Waals surface area (Å²) in [5, 5.41) is 6.67. The summed E-state index contributed by atoms with van der Waals surface area (Å²) < 4.78 is 16.5. The number of carbonyl (C=O) groups excluding carboxylic acids is 1. The molecule has 0 saturated carbocycles. The highest BCUT2D eigenvalue weighted by atomic mass is 35.5. The second kappa shape index (κ2) is 8.93. The zero-order valence-corrected chi connectivity index (χ0v) is 18.6. The summed E-state index contributed by atoms with van der Waals surface area (Å²) in [7, 11) is 0. The van der Waals surface area contributed by atoms with E-state index in [1.165, 1.54) is 0 Å². The fourth-order valence-electron chi connectivity index (χ4n) is 4.03. The lowest BCUT2D eigenvalue weighted by Crippen LogP contribution is -2.42. The van der Waals surface area contributed by atoms with Gasteiger partial charge < -0.3 is 29.7 Å². The first-order chi connectivity index (χ1) is 16.0. The Morgan fingerprint density at radius 3 is 3.03 bits per heavy atom. The van der Waals surface area contributed by atoms with E-state index >= 15 is 0 Å². The van der Waals surface area contributed by atoms with E-state index in [4.69, 9.17) is 31.5 Å². The zero-order valence-electron chi connectivity index (χ0n) is 17.8. The van der Waals surface area contributed by atoms with E-state index in [0.29, 0.717) is 65.6 Å². The number of hydrogen-bond acceptors (Lipinski definition) is 8. The van der Waals surface area contributed by atoms with Gasteiger partial charge in [-0.2, -0.15) is 0 Å². The van der Waals surface area contributed by atoms with E-state index in [-0.39, 0.29) is 12.7 Å². The topological polar surface area (TPSA) is 110 Å². The van der Waals surface area contributed by atoms with Crippen LogP contribution in [0.25, 0.3) is 0 Å². The summed E-state index contributed by atoms with van der Waals surface area (Å²) in [5.74, 6) is 1.43. The minimum absolute atomic E-state index is 0.0282. The first-order valence-corrected chi connectivity index (χ1v) is 11.1. The van der Waals surface area contributed by atoms with Gasteiger partial charge in [0.15, 0.2) is 17.2 Å². The van der Waals surface area contributed by atoms with Gasteiger partial charge in [-0.15, -0.1) is 0 Å². The fourth-order valence-corrected chi connectivity index (χ4v) is 4.33. The molecule has 0 radical (unpaired) electrons. The average Bonchev–Trinajstić information content (AvgIpc) is 3.11. The number of nitrogens with one attached hydrogen (secondary N) is 2. The lowest BCUT2D eigenvalue weighted by Gasteiger charge is -2.28. The Morgan fingerprint density at radius 1 is 1.21 bits per heavy atom. The first kappa shape index (κ1) is 21.6. The molecule has 0 spiro atoms. The average molecular weight is 470 g/mol. The SMILES string of the molecule is NC1(c2c(Cl)ccc3c2OCO3)C=CNC(Nc2cccc(C(=O)N3CCCOCC3)c2)=N1. The number of amides is 1. The highest BCUT2D eigenvalue weighted by Crippen LogP contribution is 2.45. The molecule has 1 fully saturated rings. The summed E-state index contributed by atoms with van der Waals surface area (Å²) in [6, 6.07) is 10.7. The first-order valence-electron chi connectivity index (χ1n) is 10.7. The van der Waals surface area contributed by atoms with Crippen molar-refractivity contribution in [3.05, 3.63) is 64.8 Å². The maximum atomic E-state index is 13.0. The van der Waals surface area contributed by atoms with Crippen LogP contribution in [0.4, 0.5) is 5.69 Å². The number of halogens is 1. The molecule has 5 rings (SSSR count). The van der Waals surface area contributed by atoms with E-state index < -0.39 is 5.66 Å². The quantitative estimate of drug-likeness (QED) is 0.633. The molecule has 4 N–H and O–H groups in total. The van der Waals surface area contributed by atoms with E-state index in [0.717, 1.165) is 6.42 Å². The van der Waals surface area contributed by atoms with E-state index in [9.17, 15) is 4.79 Å². The predicted molar refractivity (Wildman–Crippen MR) is 125 cm³/mol. The van der Waals surface area contributed by atoms with Crippen LogP contribution in [0, 0.1) is 0 Å². The van der Waals surface area contributed by atoms with Crippen LogP contribution in [-0.2, 0) is 10.4 Å². The van der Waals surface area contributed by atoms with Crippen molar-refractivity contribution in [1.82, 2.24) is 10.2 Å².